The summed E-state index contributed by atoms with van der Waals surface area (Å²) in [5, 5.41) is 115. The third-order valence-corrected chi connectivity index (χ3v) is 5.16. The predicted molar refractivity (Wildman–Crippen MR) is 111 cm³/mol. The van der Waals surface area contributed by atoms with Crippen molar-refractivity contribution in [3.8, 4) is 0 Å². The van der Waals surface area contributed by atoms with E-state index < -0.39 is 67.0 Å². The number of carbonyl (C=O) groups excluding carboxylic acids is 1. The average molecular weight is 484 g/mol. The standard InChI is InChI=1S/C18H36O14.Li.H/c19-7-5-3-1-2-4-6-8(20)9(21)10(22)11(23)12(24)13(25)14(26)15(27)16(28)17(29)18(30)32-31;;/h8-17,19-29,31H,1-7H2;;. The first-order valence-electron chi connectivity index (χ1n) is 10.2. The molecule has 0 aromatic rings. The Balaban J connectivity index is 0. The molecule has 14 nitrogen and oxygen atoms in total. The molecule has 0 heterocycles. The number of rotatable bonds is 17. The van der Waals surface area contributed by atoms with Gasteiger partial charge < -0.3 is 56.2 Å². The third-order valence-electron chi connectivity index (χ3n) is 5.16. The van der Waals surface area contributed by atoms with Crippen LogP contribution in [0.25, 0.3) is 0 Å². The molecule has 15 heteroatoms. The molecule has 0 fully saturated rings. The summed E-state index contributed by atoms with van der Waals surface area (Å²) in [6.45, 7) is 0.0695. The van der Waals surface area contributed by atoms with E-state index in [0.29, 0.717) is 19.3 Å². The number of hydrogen-bond acceptors (Lipinski definition) is 14. The van der Waals surface area contributed by atoms with Crippen LogP contribution in [-0.2, 0) is 9.68 Å². The first-order valence-corrected chi connectivity index (χ1v) is 10.2. The van der Waals surface area contributed by atoms with Gasteiger partial charge in [-0.25, -0.2) is 4.79 Å². The van der Waals surface area contributed by atoms with Gasteiger partial charge in [-0.1, -0.05) is 25.7 Å². The molecule has 10 unspecified atom stereocenters. The predicted octanol–water partition coefficient (Wildman–Crippen LogP) is -5.70. The summed E-state index contributed by atoms with van der Waals surface area (Å²) in [6.07, 6.45) is -19.5. The zero-order valence-electron chi connectivity index (χ0n) is 17.4. The van der Waals surface area contributed by atoms with Crippen LogP contribution in [0.2, 0.25) is 0 Å². The van der Waals surface area contributed by atoms with Crippen LogP contribution in [0.3, 0.4) is 0 Å². The van der Waals surface area contributed by atoms with Crippen LogP contribution in [0.15, 0.2) is 0 Å². The summed E-state index contributed by atoms with van der Waals surface area (Å²) in [5.41, 5.74) is 0. The van der Waals surface area contributed by atoms with Crippen LogP contribution >= 0.6 is 0 Å². The second-order valence-electron chi connectivity index (χ2n) is 7.63. The van der Waals surface area contributed by atoms with Gasteiger partial charge in [-0.05, 0) is 12.8 Å². The van der Waals surface area contributed by atoms with Crippen LogP contribution in [-0.4, -0.2) is 154 Å². The Morgan fingerprint density at radius 1 is 0.576 bits per heavy atom. The van der Waals surface area contributed by atoms with Crippen molar-refractivity contribution >= 4 is 24.8 Å². The minimum atomic E-state index is -2.54. The maximum absolute atomic E-state index is 10.9. The molecule has 0 aromatic heterocycles. The molecule has 0 aromatic carbocycles. The Labute approximate surface area is 202 Å². The summed E-state index contributed by atoms with van der Waals surface area (Å²) in [4.78, 5) is 14.1. The summed E-state index contributed by atoms with van der Waals surface area (Å²) < 4.78 is 0. The Kier molecular flexibility index (Phi) is 18.9. The van der Waals surface area contributed by atoms with Gasteiger partial charge in [-0.15, -0.1) is 0 Å². The van der Waals surface area contributed by atoms with E-state index in [0.717, 1.165) is 12.8 Å². The minimum absolute atomic E-state index is 0. The number of unbranched alkanes of at least 4 members (excludes halogenated alkanes) is 4. The summed E-state index contributed by atoms with van der Waals surface area (Å²) in [7, 11) is 0. The average Bonchev–Trinajstić information content (AvgIpc) is 2.80. The molecular weight excluding hydrogens is 447 g/mol. The first-order chi connectivity index (χ1) is 14.9. The topological polar surface area (TPSA) is 269 Å². The summed E-state index contributed by atoms with van der Waals surface area (Å²) >= 11 is 0. The summed E-state index contributed by atoms with van der Waals surface area (Å²) in [5.74, 6) is -1.79. The van der Waals surface area contributed by atoms with Crippen molar-refractivity contribution in [1.82, 2.24) is 0 Å². The molecule has 194 valence electrons. The molecule has 0 radical (unpaired) electrons. The molecule has 33 heavy (non-hydrogen) atoms. The van der Waals surface area contributed by atoms with Crippen molar-refractivity contribution in [3.63, 3.8) is 0 Å². The van der Waals surface area contributed by atoms with E-state index in [1.165, 1.54) is 0 Å². The van der Waals surface area contributed by atoms with E-state index in [1.807, 2.05) is 0 Å². The fraction of sp³-hybridized carbons (Fsp3) is 0.944. The number of hydrogen-bond donors (Lipinski definition) is 12. The van der Waals surface area contributed by atoms with Crippen LogP contribution in [0, 0.1) is 0 Å². The second-order valence-corrected chi connectivity index (χ2v) is 7.63. The van der Waals surface area contributed by atoms with Gasteiger partial charge >= 0.3 is 24.8 Å². The van der Waals surface area contributed by atoms with Gasteiger partial charge in [0.05, 0.1) is 6.10 Å². The molecular formula is C18H37LiO14. The maximum atomic E-state index is 10.9. The molecule has 12 N–H and O–H groups in total. The van der Waals surface area contributed by atoms with Crippen LogP contribution < -0.4 is 0 Å². The monoisotopic (exact) mass is 484 g/mol. The molecule has 0 rings (SSSR count). The molecule has 0 aliphatic heterocycles. The van der Waals surface area contributed by atoms with Gasteiger partial charge in [0, 0.05) is 6.61 Å². The molecule has 0 aliphatic rings. The van der Waals surface area contributed by atoms with Gasteiger partial charge in [-0.3, -0.25) is 4.89 Å². The van der Waals surface area contributed by atoms with E-state index in [4.69, 9.17) is 10.4 Å². The molecule has 0 saturated carbocycles. The summed E-state index contributed by atoms with van der Waals surface area (Å²) in [6, 6.07) is 0. The third kappa shape index (κ3) is 11.2. The Morgan fingerprint density at radius 2 is 0.939 bits per heavy atom. The van der Waals surface area contributed by atoms with Crippen molar-refractivity contribution in [2.45, 2.75) is 99.6 Å². The van der Waals surface area contributed by atoms with Crippen molar-refractivity contribution < 1.29 is 71.1 Å². The Bertz CT molecular complexity index is 515. The quantitative estimate of drug-likeness (QED) is 0.0397. The van der Waals surface area contributed by atoms with Crippen molar-refractivity contribution in [3.05, 3.63) is 0 Å². The fourth-order valence-corrected chi connectivity index (χ4v) is 2.99. The Hall–Kier alpha value is -0.413. The van der Waals surface area contributed by atoms with Gasteiger partial charge in [0.1, 0.15) is 48.8 Å². The second kappa shape index (κ2) is 17.9. The molecule has 0 spiro atoms. The van der Waals surface area contributed by atoms with E-state index in [9.17, 15) is 55.9 Å². The number of aliphatic hydroxyl groups is 11. The van der Waals surface area contributed by atoms with Gasteiger partial charge in [0.25, 0.3) is 0 Å². The molecule has 0 bridgehead atoms. The van der Waals surface area contributed by atoms with Crippen molar-refractivity contribution in [2.24, 2.45) is 0 Å². The number of aliphatic hydroxyl groups excluding tert-OH is 11. The van der Waals surface area contributed by atoms with Gasteiger partial charge in [-0.2, -0.15) is 5.26 Å². The fourth-order valence-electron chi connectivity index (χ4n) is 2.99. The number of carbonyl (C=O) groups is 1. The van der Waals surface area contributed by atoms with Crippen LogP contribution in [0.5, 0.6) is 0 Å². The van der Waals surface area contributed by atoms with E-state index in [2.05, 4.69) is 4.89 Å². The van der Waals surface area contributed by atoms with Crippen molar-refractivity contribution in [1.29, 1.82) is 0 Å². The molecule has 10 atom stereocenters. The van der Waals surface area contributed by atoms with Crippen LogP contribution in [0.4, 0.5) is 0 Å². The van der Waals surface area contributed by atoms with Gasteiger partial charge in [0.15, 0.2) is 6.10 Å². The Morgan fingerprint density at radius 3 is 1.36 bits per heavy atom. The molecule has 0 amide bonds. The SMILES string of the molecule is O=C(OO)C(O)C(O)C(O)C(O)C(O)C(O)C(O)C(O)C(O)C(O)CCCCCCCO.[LiH]. The van der Waals surface area contributed by atoms with E-state index in [-0.39, 0.29) is 31.9 Å². The normalized spacial score (nSPS) is 20.8. The zero-order chi connectivity index (χ0) is 25.0. The van der Waals surface area contributed by atoms with Crippen molar-refractivity contribution in [2.75, 3.05) is 6.61 Å². The van der Waals surface area contributed by atoms with E-state index in [1.54, 1.807) is 0 Å². The molecule has 0 aliphatic carbocycles. The van der Waals surface area contributed by atoms with Gasteiger partial charge in [0.2, 0.25) is 0 Å². The molecule has 0 saturated heterocycles. The zero-order valence-corrected chi connectivity index (χ0v) is 17.4. The van der Waals surface area contributed by atoms with Crippen LogP contribution in [0.1, 0.15) is 38.5 Å². The van der Waals surface area contributed by atoms with E-state index >= 15 is 0 Å². The first kappa shape index (κ1) is 34.8.